The minimum Gasteiger partial charge on any atom is -0.467 e. The third kappa shape index (κ3) is 4.73. The van der Waals surface area contributed by atoms with Crippen LogP contribution in [-0.4, -0.2) is 15.9 Å². The predicted octanol–water partition coefficient (Wildman–Crippen LogP) is 4.35. The van der Waals surface area contributed by atoms with Crippen molar-refractivity contribution in [1.29, 1.82) is 0 Å². The van der Waals surface area contributed by atoms with Gasteiger partial charge >= 0.3 is 0 Å². The standard InChI is InChI=1S/C21H24N4O2/c1-14-23-18(20(26)22-13-15-8-7-11-27-15)12-19(24-14)25-17-10-6-5-9-16(17)21(2,3)4/h5-12H,13H2,1-4H3,(H,22,26)(H,23,24,25). The monoisotopic (exact) mass is 364 g/mol. The van der Waals surface area contributed by atoms with Gasteiger partial charge in [-0.2, -0.15) is 0 Å². The largest absolute Gasteiger partial charge is 0.467 e. The summed E-state index contributed by atoms with van der Waals surface area (Å²) in [5.74, 6) is 1.52. The first-order valence-electron chi connectivity index (χ1n) is 8.86. The van der Waals surface area contributed by atoms with Crippen molar-refractivity contribution in [3.63, 3.8) is 0 Å². The normalized spacial score (nSPS) is 11.3. The van der Waals surface area contributed by atoms with E-state index in [-0.39, 0.29) is 11.3 Å². The topological polar surface area (TPSA) is 80.0 Å². The summed E-state index contributed by atoms with van der Waals surface area (Å²) in [6.07, 6.45) is 1.57. The molecule has 0 aliphatic carbocycles. The molecule has 0 bridgehead atoms. The molecule has 0 unspecified atom stereocenters. The summed E-state index contributed by atoms with van der Waals surface area (Å²) >= 11 is 0. The van der Waals surface area contributed by atoms with E-state index in [1.807, 2.05) is 24.3 Å². The lowest BCUT2D eigenvalue weighted by molar-refractivity contribution is 0.0942. The average molecular weight is 364 g/mol. The van der Waals surface area contributed by atoms with E-state index >= 15 is 0 Å². The highest BCUT2D eigenvalue weighted by atomic mass is 16.3. The van der Waals surface area contributed by atoms with Crippen LogP contribution in [0.5, 0.6) is 0 Å². The number of rotatable bonds is 5. The molecule has 0 radical (unpaired) electrons. The van der Waals surface area contributed by atoms with E-state index in [9.17, 15) is 4.79 Å². The zero-order valence-electron chi connectivity index (χ0n) is 16.0. The molecule has 0 aliphatic heterocycles. The zero-order chi connectivity index (χ0) is 19.4. The molecule has 3 aromatic rings. The molecule has 3 rings (SSSR count). The maximum absolute atomic E-state index is 12.5. The summed E-state index contributed by atoms with van der Waals surface area (Å²) < 4.78 is 5.23. The molecule has 0 atom stereocenters. The van der Waals surface area contributed by atoms with Gasteiger partial charge in [-0.3, -0.25) is 4.79 Å². The Morgan fingerprint density at radius 1 is 1.11 bits per heavy atom. The van der Waals surface area contributed by atoms with Crippen molar-refractivity contribution in [1.82, 2.24) is 15.3 Å². The first-order chi connectivity index (χ1) is 12.8. The number of aryl methyl sites for hydroxylation is 1. The molecule has 1 aromatic carbocycles. The van der Waals surface area contributed by atoms with Crippen molar-refractivity contribution in [2.45, 2.75) is 39.7 Å². The number of aromatic nitrogens is 2. The Morgan fingerprint density at radius 3 is 2.59 bits per heavy atom. The highest BCUT2D eigenvalue weighted by Crippen LogP contribution is 2.30. The van der Waals surface area contributed by atoms with Crippen molar-refractivity contribution >= 4 is 17.4 Å². The minimum atomic E-state index is -0.274. The van der Waals surface area contributed by atoms with Gasteiger partial charge in [-0.05, 0) is 36.1 Å². The first-order valence-corrected chi connectivity index (χ1v) is 8.86. The molecule has 27 heavy (non-hydrogen) atoms. The van der Waals surface area contributed by atoms with Crippen LogP contribution in [0.1, 0.15) is 48.4 Å². The second kappa shape index (κ2) is 7.61. The summed E-state index contributed by atoms with van der Waals surface area (Å²) in [6, 6.07) is 13.3. The smallest absolute Gasteiger partial charge is 0.270 e. The van der Waals surface area contributed by atoms with E-state index in [1.54, 1.807) is 25.3 Å². The number of carbonyl (C=O) groups is 1. The van der Waals surface area contributed by atoms with Gasteiger partial charge in [-0.1, -0.05) is 39.0 Å². The molecular formula is C21H24N4O2. The number of hydrogen-bond acceptors (Lipinski definition) is 5. The quantitative estimate of drug-likeness (QED) is 0.703. The molecule has 2 N–H and O–H groups in total. The lowest BCUT2D eigenvalue weighted by Crippen LogP contribution is -2.24. The van der Waals surface area contributed by atoms with Crippen LogP contribution in [0, 0.1) is 6.92 Å². The highest BCUT2D eigenvalue weighted by molar-refractivity contribution is 5.93. The van der Waals surface area contributed by atoms with Crippen molar-refractivity contribution in [3.05, 3.63) is 71.6 Å². The lowest BCUT2D eigenvalue weighted by atomic mass is 9.86. The van der Waals surface area contributed by atoms with E-state index < -0.39 is 0 Å². The predicted molar refractivity (Wildman–Crippen MR) is 105 cm³/mol. The van der Waals surface area contributed by atoms with Crippen LogP contribution in [0.25, 0.3) is 0 Å². The molecule has 0 spiro atoms. The molecule has 2 aromatic heterocycles. The van der Waals surface area contributed by atoms with Gasteiger partial charge in [0.2, 0.25) is 0 Å². The second-order valence-corrected chi connectivity index (χ2v) is 7.37. The fourth-order valence-electron chi connectivity index (χ4n) is 2.80. The van der Waals surface area contributed by atoms with Gasteiger partial charge in [-0.15, -0.1) is 0 Å². The van der Waals surface area contributed by atoms with Gasteiger partial charge in [0.25, 0.3) is 5.91 Å². The molecule has 0 aliphatic rings. The maximum atomic E-state index is 12.5. The summed E-state index contributed by atoms with van der Waals surface area (Å²) in [5.41, 5.74) is 2.43. The maximum Gasteiger partial charge on any atom is 0.270 e. The van der Waals surface area contributed by atoms with Gasteiger partial charge in [0.1, 0.15) is 23.1 Å². The van der Waals surface area contributed by atoms with Crippen LogP contribution < -0.4 is 10.6 Å². The number of amides is 1. The fourth-order valence-corrected chi connectivity index (χ4v) is 2.80. The van der Waals surface area contributed by atoms with E-state index in [0.717, 1.165) is 5.69 Å². The van der Waals surface area contributed by atoms with E-state index in [1.165, 1.54) is 5.56 Å². The summed E-state index contributed by atoms with van der Waals surface area (Å²) in [7, 11) is 0. The van der Waals surface area contributed by atoms with Crippen molar-refractivity contribution in [2.75, 3.05) is 5.32 Å². The van der Waals surface area contributed by atoms with Crippen LogP contribution in [-0.2, 0) is 12.0 Å². The van der Waals surface area contributed by atoms with Gasteiger partial charge in [-0.25, -0.2) is 9.97 Å². The molecule has 0 saturated carbocycles. The van der Waals surface area contributed by atoms with Crippen molar-refractivity contribution < 1.29 is 9.21 Å². The Labute approximate surface area is 159 Å². The molecule has 6 heteroatoms. The number of benzene rings is 1. The average Bonchev–Trinajstić information content (AvgIpc) is 3.12. The summed E-state index contributed by atoms with van der Waals surface area (Å²) in [5, 5.41) is 6.14. The van der Waals surface area contributed by atoms with E-state index in [0.29, 0.717) is 29.6 Å². The number of anilines is 2. The van der Waals surface area contributed by atoms with Crippen LogP contribution >= 0.6 is 0 Å². The van der Waals surface area contributed by atoms with E-state index in [2.05, 4.69) is 47.4 Å². The second-order valence-electron chi connectivity index (χ2n) is 7.37. The Morgan fingerprint density at radius 2 is 1.89 bits per heavy atom. The third-order valence-electron chi connectivity index (χ3n) is 4.07. The highest BCUT2D eigenvalue weighted by Gasteiger charge is 2.18. The summed E-state index contributed by atoms with van der Waals surface area (Å²) in [6.45, 7) is 8.55. The summed E-state index contributed by atoms with van der Waals surface area (Å²) in [4.78, 5) is 21.1. The Kier molecular flexibility index (Phi) is 5.26. The van der Waals surface area contributed by atoms with Gasteiger partial charge in [0.15, 0.2) is 0 Å². The number of nitrogens with one attached hydrogen (secondary N) is 2. The number of carbonyl (C=O) groups excluding carboxylic acids is 1. The number of nitrogens with zero attached hydrogens (tertiary/aromatic N) is 2. The molecule has 6 nitrogen and oxygen atoms in total. The van der Waals surface area contributed by atoms with Crippen molar-refractivity contribution in [3.8, 4) is 0 Å². The molecule has 2 heterocycles. The van der Waals surface area contributed by atoms with Gasteiger partial charge in [0.05, 0.1) is 12.8 Å². The number of furan rings is 1. The minimum absolute atomic E-state index is 0.0189. The van der Waals surface area contributed by atoms with Gasteiger partial charge < -0.3 is 15.1 Å². The molecule has 0 saturated heterocycles. The molecule has 140 valence electrons. The van der Waals surface area contributed by atoms with Crippen LogP contribution in [0.3, 0.4) is 0 Å². The number of hydrogen-bond donors (Lipinski definition) is 2. The van der Waals surface area contributed by atoms with Crippen LogP contribution in [0.4, 0.5) is 11.5 Å². The van der Waals surface area contributed by atoms with Crippen molar-refractivity contribution in [2.24, 2.45) is 0 Å². The number of para-hydroxylation sites is 1. The zero-order valence-corrected chi connectivity index (χ0v) is 16.0. The molecule has 1 amide bonds. The lowest BCUT2D eigenvalue weighted by Gasteiger charge is -2.23. The fraction of sp³-hybridized carbons (Fsp3) is 0.286. The molecule has 0 fully saturated rings. The first kappa shape index (κ1) is 18.6. The third-order valence-corrected chi connectivity index (χ3v) is 4.07. The van der Waals surface area contributed by atoms with Gasteiger partial charge in [0, 0.05) is 11.8 Å². The Hall–Kier alpha value is -3.15. The molecular weight excluding hydrogens is 340 g/mol. The van der Waals surface area contributed by atoms with Crippen LogP contribution in [0.15, 0.2) is 53.1 Å². The Balaban J connectivity index is 1.81. The SMILES string of the molecule is Cc1nc(Nc2ccccc2C(C)(C)C)cc(C(=O)NCc2ccco2)n1. The van der Waals surface area contributed by atoms with E-state index in [4.69, 9.17) is 4.42 Å². The Bertz CT molecular complexity index is 928. The van der Waals surface area contributed by atoms with Crippen LogP contribution in [0.2, 0.25) is 0 Å².